The predicted octanol–water partition coefficient (Wildman–Crippen LogP) is 2.49. The average Bonchev–Trinajstić information content (AvgIpc) is 2.88. The Morgan fingerprint density at radius 1 is 1.25 bits per heavy atom. The highest BCUT2D eigenvalue weighted by Gasteiger charge is 2.15. The van der Waals surface area contributed by atoms with E-state index in [1.165, 1.54) is 6.07 Å². The first-order valence-corrected chi connectivity index (χ1v) is 6.46. The average molecular weight is 280 g/mol. The van der Waals surface area contributed by atoms with E-state index in [4.69, 9.17) is 5.84 Å². The number of nitrogens with zero attached hydrogens (tertiary/aromatic N) is 2. The molecule has 1 heterocycles. The molecular formula is C14H18F2N4. The van der Waals surface area contributed by atoms with Crippen LogP contribution in [-0.4, -0.2) is 9.78 Å². The van der Waals surface area contributed by atoms with Crippen LogP contribution in [0, 0.1) is 11.6 Å². The molecule has 1 unspecified atom stereocenters. The molecule has 108 valence electrons. The Hall–Kier alpha value is -1.79. The molecule has 4 nitrogen and oxygen atoms in total. The summed E-state index contributed by atoms with van der Waals surface area (Å²) in [4.78, 5) is 0. The lowest BCUT2D eigenvalue weighted by molar-refractivity contribution is 0.490. The van der Waals surface area contributed by atoms with Crippen LogP contribution in [0.3, 0.4) is 0 Å². The van der Waals surface area contributed by atoms with Gasteiger partial charge in [-0.3, -0.25) is 16.0 Å². The van der Waals surface area contributed by atoms with Gasteiger partial charge in [0.1, 0.15) is 0 Å². The van der Waals surface area contributed by atoms with Crippen molar-refractivity contribution < 1.29 is 8.78 Å². The summed E-state index contributed by atoms with van der Waals surface area (Å²) in [6, 6.07) is 5.62. The fourth-order valence-corrected chi connectivity index (χ4v) is 1.99. The van der Waals surface area contributed by atoms with Gasteiger partial charge >= 0.3 is 0 Å². The van der Waals surface area contributed by atoms with Crippen LogP contribution in [0.4, 0.5) is 8.78 Å². The van der Waals surface area contributed by atoms with Gasteiger partial charge in [-0.25, -0.2) is 8.78 Å². The highest BCUT2D eigenvalue weighted by atomic mass is 19.2. The Morgan fingerprint density at radius 3 is 2.55 bits per heavy atom. The summed E-state index contributed by atoms with van der Waals surface area (Å²) in [5, 5.41) is 4.42. The summed E-state index contributed by atoms with van der Waals surface area (Å²) >= 11 is 0. The Balaban J connectivity index is 2.17. The third-order valence-corrected chi connectivity index (χ3v) is 3.15. The molecule has 0 saturated heterocycles. The van der Waals surface area contributed by atoms with Crippen molar-refractivity contribution in [2.75, 3.05) is 0 Å². The molecule has 0 spiro atoms. The first kappa shape index (κ1) is 14.6. The maximum atomic E-state index is 13.3. The first-order chi connectivity index (χ1) is 9.51. The van der Waals surface area contributed by atoms with Crippen molar-refractivity contribution in [1.82, 2.24) is 15.2 Å². The normalized spacial score (nSPS) is 12.9. The van der Waals surface area contributed by atoms with Gasteiger partial charge in [-0.1, -0.05) is 6.07 Å². The smallest absolute Gasteiger partial charge is 0.159 e. The lowest BCUT2D eigenvalue weighted by atomic mass is 10.0. The lowest BCUT2D eigenvalue weighted by Crippen LogP contribution is -2.29. The summed E-state index contributed by atoms with van der Waals surface area (Å²) in [6.07, 6.45) is 2.39. The van der Waals surface area contributed by atoms with Crippen molar-refractivity contribution >= 4 is 0 Å². The van der Waals surface area contributed by atoms with E-state index in [0.717, 1.165) is 17.8 Å². The van der Waals surface area contributed by atoms with E-state index >= 15 is 0 Å². The van der Waals surface area contributed by atoms with Crippen LogP contribution in [0.15, 0.2) is 30.5 Å². The molecule has 0 saturated carbocycles. The second kappa shape index (κ2) is 6.11. The maximum absolute atomic E-state index is 13.3. The van der Waals surface area contributed by atoms with Gasteiger partial charge in [0.25, 0.3) is 0 Å². The molecule has 6 heteroatoms. The molecule has 0 bridgehead atoms. The number of hydrazine groups is 1. The molecule has 2 rings (SSSR count). The molecule has 0 radical (unpaired) electrons. The van der Waals surface area contributed by atoms with E-state index in [2.05, 4.69) is 10.5 Å². The number of hydrogen-bond acceptors (Lipinski definition) is 3. The number of rotatable bonds is 5. The zero-order chi connectivity index (χ0) is 14.7. The van der Waals surface area contributed by atoms with Gasteiger partial charge in [-0.15, -0.1) is 0 Å². The molecular weight excluding hydrogens is 262 g/mol. The first-order valence-electron chi connectivity index (χ1n) is 6.46. The van der Waals surface area contributed by atoms with Gasteiger partial charge in [-0.2, -0.15) is 5.10 Å². The quantitative estimate of drug-likeness (QED) is 0.653. The molecule has 0 aliphatic rings. The van der Waals surface area contributed by atoms with Crippen molar-refractivity contribution in [2.24, 2.45) is 5.84 Å². The maximum Gasteiger partial charge on any atom is 0.159 e. The van der Waals surface area contributed by atoms with Crippen molar-refractivity contribution in [2.45, 2.75) is 32.4 Å². The zero-order valence-electron chi connectivity index (χ0n) is 11.5. The molecule has 20 heavy (non-hydrogen) atoms. The lowest BCUT2D eigenvalue weighted by Gasteiger charge is -2.15. The van der Waals surface area contributed by atoms with Gasteiger partial charge in [0.15, 0.2) is 11.6 Å². The van der Waals surface area contributed by atoms with Crippen molar-refractivity contribution in [3.05, 3.63) is 53.4 Å². The van der Waals surface area contributed by atoms with Crippen LogP contribution in [0.1, 0.15) is 37.2 Å². The predicted molar refractivity (Wildman–Crippen MR) is 72.7 cm³/mol. The highest BCUT2D eigenvalue weighted by molar-refractivity contribution is 5.22. The number of aromatic nitrogens is 2. The molecule has 0 aliphatic heterocycles. The summed E-state index contributed by atoms with van der Waals surface area (Å²) in [5.74, 6) is 3.76. The van der Waals surface area contributed by atoms with E-state index < -0.39 is 11.6 Å². The van der Waals surface area contributed by atoms with Gasteiger partial charge < -0.3 is 0 Å². The largest absolute Gasteiger partial charge is 0.271 e. The van der Waals surface area contributed by atoms with Crippen LogP contribution in [0.2, 0.25) is 0 Å². The number of hydrogen-bond donors (Lipinski definition) is 2. The Labute approximate surface area is 116 Å². The second-order valence-electron chi connectivity index (χ2n) is 4.98. The van der Waals surface area contributed by atoms with Crippen LogP contribution >= 0.6 is 0 Å². The fourth-order valence-electron chi connectivity index (χ4n) is 1.99. The van der Waals surface area contributed by atoms with Crippen LogP contribution in [-0.2, 0) is 6.42 Å². The Morgan fingerprint density at radius 2 is 2.00 bits per heavy atom. The number of nitrogens with two attached hydrogens (primary N) is 1. The standard InChI is InChI=1S/C14H18F2N4/c1-9(2)20-6-5-11(19-20)8-14(18-17)10-3-4-12(15)13(16)7-10/h3-7,9,14,18H,8,17H2,1-2H3. The Bertz CT molecular complexity index is 580. The third kappa shape index (κ3) is 3.20. The minimum atomic E-state index is -0.879. The van der Waals surface area contributed by atoms with Gasteiger partial charge in [-0.05, 0) is 37.6 Å². The summed E-state index contributed by atoms with van der Waals surface area (Å²) in [5.41, 5.74) is 4.04. The number of nitrogens with one attached hydrogen (secondary N) is 1. The van der Waals surface area contributed by atoms with Crippen LogP contribution < -0.4 is 11.3 Å². The van der Waals surface area contributed by atoms with Gasteiger partial charge in [0.2, 0.25) is 0 Å². The molecule has 0 aliphatic carbocycles. The fraction of sp³-hybridized carbons (Fsp3) is 0.357. The zero-order valence-corrected chi connectivity index (χ0v) is 11.5. The minimum Gasteiger partial charge on any atom is -0.271 e. The summed E-state index contributed by atoms with van der Waals surface area (Å²) in [7, 11) is 0. The van der Waals surface area contributed by atoms with E-state index in [1.807, 2.05) is 30.8 Å². The molecule has 1 atom stereocenters. The Kier molecular flexibility index (Phi) is 4.46. The molecule has 0 fully saturated rings. The van der Waals surface area contributed by atoms with E-state index in [0.29, 0.717) is 12.0 Å². The van der Waals surface area contributed by atoms with Gasteiger partial charge in [0, 0.05) is 18.7 Å². The minimum absolute atomic E-state index is 0.274. The summed E-state index contributed by atoms with van der Waals surface area (Å²) < 4.78 is 28.0. The van der Waals surface area contributed by atoms with Crippen LogP contribution in [0.25, 0.3) is 0 Å². The molecule has 1 aromatic carbocycles. The SMILES string of the molecule is CC(C)n1ccc(CC(NN)c2ccc(F)c(F)c2)n1. The van der Waals surface area contributed by atoms with E-state index in [-0.39, 0.29) is 12.1 Å². The third-order valence-electron chi connectivity index (χ3n) is 3.15. The molecule has 1 aromatic heterocycles. The summed E-state index contributed by atoms with van der Waals surface area (Å²) in [6.45, 7) is 4.07. The van der Waals surface area contributed by atoms with Gasteiger partial charge in [0.05, 0.1) is 11.7 Å². The topological polar surface area (TPSA) is 55.9 Å². The van der Waals surface area contributed by atoms with Crippen molar-refractivity contribution in [3.8, 4) is 0 Å². The van der Waals surface area contributed by atoms with Crippen molar-refractivity contribution in [1.29, 1.82) is 0 Å². The van der Waals surface area contributed by atoms with E-state index in [1.54, 1.807) is 0 Å². The number of halogens is 2. The molecule has 2 aromatic rings. The number of benzene rings is 1. The van der Waals surface area contributed by atoms with Crippen molar-refractivity contribution in [3.63, 3.8) is 0 Å². The molecule has 0 amide bonds. The molecule has 3 N–H and O–H groups in total. The second-order valence-corrected chi connectivity index (χ2v) is 4.98. The van der Waals surface area contributed by atoms with E-state index in [9.17, 15) is 8.78 Å². The monoisotopic (exact) mass is 280 g/mol. The highest BCUT2D eigenvalue weighted by Crippen LogP contribution is 2.19. The van der Waals surface area contributed by atoms with Crippen LogP contribution in [0.5, 0.6) is 0 Å².